The molecule has 34 heavy (non-hydrogen) atoms. The van der Waals surface area contributed by atoms with E-state index in [1.165, 1.54) is 11.3 Å². The van der Waals surface area contributed by atoms with Crippen molar-refractivity contribution in [1.82, 2.24) is 19.7 Å². The number of amides is 1. The van der Waals surface area contributed by atoms with Crippen molar-refractivity contribution in [1.29, 1.82) is 0 Å². The number of anilines is 3. The molecule has 0 bridgehead atoms. The molecule has 1 aliphatic rings. The Hall–Kier alpha value is -3.21. The van der Waals surface area contributed by atoms with E-state index in [0.717, 1.165) is 41.3 Å². The highest BCUT2D eigenvalue weighted by Gasteiger charge is 2.22. The second-order valence-corrected chi connectivity index (χ2v) is 9.43. The van der Waals surface area contributed by atoms with E-state index in [9.17, 15) is 4.79 Å². The quantitative estimate of drug-likeness (QED) is 0.351. The number of hydrogen-bond acceptors (Lipinski definition) is 8. The van der Waals surface area contributed by atoms with Crippen molar-refractivity contribution in [2.45, 2.75) is 17.8 Å². The smallest absolute Gasteiger partial charge is 0.232 e. The molecule has 0 atom stereocenters. The summed E-state index contributed by atoms with van der Waals surface area (Å²) >= 11 is 3.04. The second-order valence-electron chi connectivity index (χ2n) is 7.65. The minimum Gasteiger partial charge on any atom is -0.378 e. The zero-order valence-electron chi connectivity index (χ0n) is 18.7. The average molecular weight is 493 g/mol. The topological polar surface area (TPSA) is 76.4 Å². The average Bonchev–Trinajstić information content (AvgIpc) is 3.52. The molecule has 0 N–H and O–H groups in total. The Labute approximate surface area is 206 Å². The number of morpholine rings is 1. The van der Waals surface area contributed by atoms with Gasteiger partial charge in [-0.2, -0.15) is 0 Å². The fourth-order valence-corrected chi connectivity index (χ4v) is 5.57. The molecule has 0 unspecified atom stereocenters. The summed E-state index contributed by atoms with van der Waals surface area (Å²) < 4.78 is 7.60. The summed E-state index contributed by atoms with van der Waals surface area (Å²) in [6.07, 6.45) is 0. The summed E-state index contributed by atoms with van der Waals surface area (Å²) in [7, 11) is 0. The van der Waals surface area contributed by atoms with Crippen LogP contribution >= 0.6 is 23.1 Å². The molecule has 3 heterocycles. The van der Waals surface area contributed by atoms with Gasteiger partial charge in [-0.05, 0) is 24.3 Å². The molecule has 0 spiro atoms. The van der Waals surface area contributed by atoms with E-state index in [1.807, 2.05) is 53.9 Å². The minimum absolute atomic E-state index is 0.0706. The molecule has 1 amide bonds. The first kappa shape index (κ1) is 22.6. The third kappa shape index (κ3) is 4.84. The van der Waals surface area contributed by atoms with Crippen LogP contribution in [0.25, 0.3) is 5.69 Å². The largest absolute Gasteiger partial charge is 0.378 e. The van der Waals surface area contributed by atoms with Crippen molar-refractivity contribution in [3.05, 3.63) is 71.7 Å². The summed E-state index contributed by atoms with van der Waals surface area (Å²) in [4.78, 5) is 20.9. The number of para-hydroxylation sites is 2. The minimum atomic E-state index is -0.0706. The highest BCUT2D eigenvalue weighted by atomic mass is 32.2. The van der Waals surface area contributed by atoms with E-state index >= 15 is 0 Å². The van der Waals surface area contributed by atoms with Crippen LogP contribution in [0.3, 0.4) is 0 Å². The molecule has 1 aliphatic heterocycles. The first-order valence-corrected chi connectivity index (χ1v) is 12.8. The molecule has 8 nitrogen and oxygen atoms in total. The number of hydrogen-bond donors (Lipinski definition) is 0. The molecule has 10 heteroatoms. The molecule has 2 aromatic heterocycles. The number of benzene rings is 2. The van der Waals surface area contributed by atoms with E-state index in [2.05, 4.69) is 31.8 Å². The number of nitrogens with zero attached hydrogens (tertiary/aromatic N) is 6. The normalized spacial score (nSPS) is 13.7. The van der Waals surface area contributed by atoms with Crippen molar-refractivity contribution in [3.8, 4) is 5.69 Å². The van der Waals surface area contributed by atoms with Gasteiger partial charge in [-0.25, -0.2) is 4.98 Å². The maximum atomic E-state index is 12.3. The van der Waals surface area contributed by atoms with Crippen LogP contribution in [-0.4, -0.2) is 52.0 Å². The first-order chi connectivity index (χ1) is 16.7. The zero-order chi connectivity index (χ0) is 23.3. The molecular weight excluding hydrogens is 468 g/mol. The lowest BCUT2D eigenvalue weighted by molar-refractivity contribution is -0.115. The fourth-order valence-electron chi connectivity index (χ4n) is 3.73. The number of ether oxygens (including phenoxy) is 1. The van der Waals surface area contributed by atoms with Gasteiger partial charge in [0.15, 0.2) is 10.3 Å². The second kappa shape index (κ2) is 10.4. The van der Waals surface area contributed by atoms with E-state index in [0.29, 0.717) is 24.1 Å². The lowest BCUT2D eigenvalue weighted by Gasteiger charge is -2.27. The number of carbonyl (C=O) groups excluding carboxylic acids is 1. The van der Waals surface area contributed by atoms with Gasteiger partial charge in [0.1, 0.15) is 0 Å². The predicted molar refractivity (Wildman–Crippen MR) is 135 cm³/mol. The van der Waals surface area contributed by atoms with Gasteiger partial charge in [0.05, 0.1) is 30.3 Å². The van der Waals surface area contributed by atoms with Crippen LogP contribution in [-0.2, 0) is 15.3 Å². The SMILES string of the molecule is CC(=O)N(c1ccccc1)c1nc(CSc2nnc(N3CCOCC3)n2-c2ccccc2)cs1. The number of rotatable bonds is 7. The third-order valence-corrected chi connectivity index (χ3v) is 7.17. The highest BCUT2D eigenvalue weighted by Crippen LogP contribution is 2.32. The molecule has 0 aliphatic carbocycles. The number of thioether (sulfide) groups is 1. The van der Waals surface area contributed by atoms with Gasteiger partial charge in [-0.1, -0.05) is 48.2 Å². The standard InChI is InChI=1S/C24H24N6O2S2/c1-18(31)29(20-8-4-2-5-9-20)23-25-19(16-33-23)17-34-24-27-26-22(28-12-14-32-15-13-28)30(24)21-10-6-3-7-11-21/h2-11,16H,12-15,17H2,1H3. The molecule has 4 aromatic rings. The van der Waals surface area contributed by atoms with Gasteiger partial charge in [0, 0.05) is 31.1 Å². The van der Waals surface area contributed by atoms with E-state index < -0.39 is 0 Å². The first-order valence-electron chi connectivity index (χ1n) is 11.0. The van der Waals surface area contributed by atoms with Gasteiger partial charge in [0.2, 0.25) is 11.9 Å². The Balaban J connectivity index is 1.38. The summed E-state index contributed by atoms with van der Waals surface area (Å²) in [5.74, 6) is 1.37. The van der Waals surface area contributed by atoms with Crippen LogP contribution in [0.5, 0.6) is 0 Å². The van der Waals surface area contributed by atoms with Gasteiger partial charge in [-0.3, -0.25) is 14.3 Å². The van der Waals surface area contributed by atoms with Gasteiger partial charge < -0.3 is 9.64 Å². The Bertz CT molecular complexity index is 1240. The Morgan fingerprint density at radius 3 is 2.47 bits per heavy atom. The monoisotopic (exact) mass is 492 g/mol. The van der Waals surface area contributed by atoms with Crippen LogP contribution in [0.1, 0.15) is 12.6 Å². The molecule has 0 radical (unpaired) electrons. The van der Waals surface area contributed by atoms with Gasteiger partial charge in [-0.15, -0.1) is 21.5 Å². The Morgan fingerprint density at radius 2 is 1.76 bits per heavy atom. The molecule has 5 rings (SSSR count). The summed E-state index contributed by atoms with van der Waals surface area (Å²) in [5, 5.41) is 12.5. The van der Waals surface area contributed by atoms with Crippen LogP contribution in [0.15, 0.2) is 71.2 Å². The Kier molecular flexibility index (Phi) is 6.89. The van der Waals surface area contributed by atoms with E-state index in [-0.39, 0.29) is 5.91 Å². The van der Waals surface area contributed by atoms with Crippen molar-refractivity contribution < 1.29 is 9.53 Å². The van der Waals surface area contributed by atoms with Crippen molar-refractivity contribution in [3.63, 3.8) is 0 Å². The highest BCUT2D eigenvalue weighted by molar-refractivity contribution is 7.98. The fraction of sp³-hybridized carbons (Fsp3) is 0.250. The van der Waals surface area contributed by atoms with Gasteiger partial charge in [0.25, 0.3) is 0 Å². The van der Waals surface area contributed by atoms with Crippen molar-refractivity contribution >= 4 is 45.8 Å². The number of aromatic nitrogens is 4. The predicted octanol–water partition coefficient (Wildman–Crippen LogP) is 4.54. The molecule has 1 fully saturated rings. The molecule has 0 saturated carbocycles. The van der Waals surface area contributed by atoms with Crippen molar-refractivity contribution in [2.24, 2.45) is 0 Å². The summed E-state index contributed by atoms with van der Waals surface area (Å²) in [6, 6.07) is 19.7. The number of thiazole rings is 1. The third-order valence-electron chi connectivity index (χ3n) is 5.33. The Morgan fingerprint density at radius 1 is 1.06 bits per heavy atom. The van der Waals surface area contributed by atoms with Crippen molar-refractivity contribution in [2.75, 3.05) is 36.1 Å². The molecule has 174 valence electrons. The summed E-state index contributed by atoms with van der Waals surface area (Å²) in [6.45, 7) is 4.48. The van der Waals surface area contributed by atoms with Crippen LogP contribution in [0, 0.1) is 0 Å². The van der Waals surface area contributed by atoms with E-state index in [4.69, 9.17) is 9.72 Å². The van der Waals surface area contributed by atoms with E-state index in [1.54, 1.807) is 23.6 Å². The lowest BCUT2D eigenvalue weighted by atomic mass is 10.3. The number of carbonyl (C=O) groups is 1. The van der Waals surface area contributed by atoms with Crippen LogP contribution in [0.2, 0.25) is 0 Å². The maximum absolute atomic E-state index is 12.3. The van der Waals surface area contributed by atoms with Gasteiger partial charge >= 0.3 is 0 Å². The molecular formula is C24H24N6O2S2. The lowest BCUT2D eigenvalue weighted by Crippen LogP contribution is -2.37. The van der Waals surface area contributed by atoms with Crippen LogP contribution < -0.4 is 9.80 Å². The zero-order valence-corrected chi connectivity index (χ0v) is 20.3. The molecule has 1 saturated heterocycles. The maximum Gasteiger partial charge on any atom is 0.232 e. The summed E-state index contributed by atoms with van der Waals surface area (Å²) in [5.41, 5.74) is 2.72. The molecule has 2 aromatic carbocycles. The van der Waals surface area contributed by atoms with Crippen LogP contribution in [0.4, 0.5) is 16.8 Å².